The van der Waals surface area contributed by atoms with Crippen molar-refractivity contribution in [3.05, 3.63) is 35.4 Å². The van der Waals surface area contributed by atoms with E-state index in [1.54, 1.807) is 13.0 Å². The average molecular weight is 207 g/mol. The molecule has 1 aromatic heterocycles. The lowest BCUT2D eigenvalue weighted by atomic mass is 10.1. The summed E-state index contributed by atoms with van der Waals surface area (Å²) >= 11 is 0. The van der Waals surface area contributed by atoms with E-state index in [0.717, 1.165) is 11.1 Å². The summed E-state index contributed by atoms with van der Waals surface area (Å²) in [5.74, 6) is 0.525. The molecule has 0 bridgehead atoms. The molecule has 78 valence electrons. The molecule has 0 saturated carbocycles. The van der Waals surface area contributed by atoms with Gasteiger partial charge in [0.2, 0.25) is 0 Å². The Labute approximate surface area is 85.9 Å². The minimum Gasteiger partial charge on any atom is -0.334 e. The second-order valence-corrected chi connectivity index (χ2v) is 3.18. The van der Waals surface area contributed by atoms with Crippen LogP contribution in [-0.4, -0.2) is 10.1 Å². The van der Waals surface area contributed by atoms with Crippen LogP contribution in [0.25, 0.3) is 11.5 Å². The molecular formula is C10H10FN3O. The molecular weight excluding hydrogens is 197 g/mol. The van der Waals surface area contributed by atoms with Crippen molar-refractivity contribution in [1.82, 2.24) is 10.1 Å². The van der Waals surface area contributed by atoms with Crippen LogP contribution in [0.15, 0.2) is 22.7 Å². The number of aromatic nitrogens is 2. The van der Waals surface area contributed by atoms with Crippen LogP contribution in [0, 0.1) is 12.7 Å². The standard InChI is InChI=1S/C10H10FN3O/c1-6-4-7(11)2-3-8(6)10-13-9(5-12)14-15-10/h2-4H,5,12H2,1H3. The van der Waals surface area contributed by atoms with Crippen molar-refractivity contribution in [1.29, 1.82) is 0 Å². The molecule has 4 nitrogen and oxygen atoms in total. The van der Waals surface area contributed by atoms with E-state index in [1.807, 2.05) is 0 Å². The number of benzene rings is 1. The summed E-state index contributed by atoms with van der Waals surface area (Å²) in [6.45, 7) is 2.01. The number of rotatable bonds is 2. The molecule has 0 aliphatic heterocycles. The van der Waals surface area contributed by atoms with E-state index < -0.39 is 0 Å². The molecule has 5 heteroatoms. The van der Waals surface area contributed by atoms with E-state index in [2.05, 4.69) is 10.1 Å². The predicted molar refractivity (Wildman–Crippen MR) is 52.3 cm³/mol. The van der Waals surface area contributed by atoms with Gasteiger partial charge in [-0.25, -0.2) is 4.39 Å². The monoisotopic (exact) mass is 207 g/mol. The third-order valence-corrected chi connectivity index (χ3v) is 2.07. The highest BCUT2D eigenvalue weighted by atomic mass is 19.1. The molecule has 2 aromatic rings. The summed E-state index contributed by atoms with van der Waals surface area (Å²) in [6.07, 6.45) is 0. The van der Waals surface area contributed by atoms with Gasteiger partial charge in [-0.05, 0) is 30.7 Å². The SMILES string of the molecule is Cc1cc(F)ccc1-c1nc(CN)no1. The normalized spacial score (nSPS) is 10.6. The molecule has 0 fully saturated rings. The maximum absolute atomic E-state index is 12.8. The number of halogens is 1. The van der Waals surface area contributed by atoms with Crippen LogP contribution in [0.1, 0.15) is 11.4 Å². The quantitative estimate of drug-likeness (QED) is 0.813. The van der Waals surface area contributed by atoms with Gasteiger partial charge in [-0.1, -0.05) is 5.16 Å². The summed E-state index contributed by atoms with van der Waals surface area (Å²) in [7, 11) is 0. The molecule has 0 atom stereocenters. The van der Waals surface area contributed by atoms with Crippen molar-refractivity contribution in [3.63, 3.8) is 0 Å². The molecule has 0 saturated heterocycles. The zero-order valence-electron chi connectivity index (χ0n) is 8.20. The van der Waals surface area contributed by atoms with Crippen molar-refractivity contribution in [2.45, 2.75) is 13.5 Å². The topological polar surface area (TPSA) is 64.9 Å². The maximum atomic E-state index is 12.8. The van der Waals surface area contributed by atoms with E-state index in [0.29, 0.717) is 11.7 Å². The van der Waals surface area contributed by atoms with Crippen LogP contribution in [0.4, 0.5) is 4.39 Å². The number of nitrogens with two attached hydrogens (primary N) is 1. The Kier molecular flexibility index (Phi) is 2.47. The van der Waals surface area contributed by atoms with Gasteiger partial charge in [0.05, 0.1) is 6.54 Å². The molecule has 0 amide bonds. The van der Waals surface area contributed by atoms with Crippen LogP contribution in [0.3, 0.4) is 0 Å². The molecule has 1 aromatic carbocycles. The Morgan fingerprint density at radius 3 is 2.87 bits per heavy atom. The molecule has 0 unspecified atom stereocenters. The van der Waals surface area contributed by atoms with Gasteiger partial charge in [-0.2, -0.15) is 4.98 Å². The smallest absolute Gasteiger partial charge is 0.258 e. The van der Waals surface area contributed by atoms with E-state index >= 15 is 0 Å². The Hall–Kier alpha value is -1.75. The lowest BCUT2D eigenvalue weighted by Gasteiger charge is -1.99. The van der Waals surface area contributed by atoms with Crippen molar-refractivity contribution in [2.75, 3.05) is 0 Å². The summed E-state index contributed by atoms with van der Waals surface area (Å²) in [5, 5.41) is 3.67. The molecule has 0 aliphatic carbocycles. The van der Waals surface area contributed by atoms with Crippen LogP contribution >= 0.6 is 0 Å². The van der Waals surface area contributed by atoms with Crippen molar-refractivity contribution in [2.24, 2.45) is 5.73 Å². The Morgan fingerprint density at radius 2 is 2.27 bits per heavy atom. The number of nitrogens with zero attached hydrogens (tertiary/aromatic N) is 2. The van der Waals surface area contributed by atoms with Gasteiger partial charge in [0.15, 0.2) is 5.82 Å². The minimum absolute atomic E-state index is 0.226. The summed E-state index contributed by atoms with van der Waals surface area (Å²) in [6, 6.07) is 4.38. The van der Waals surface area contributed by atoms with Crippen LogP contribution in [-0.2, 0) is 6.54 Å². The fraction of sp³-hybridized carbons (Fsp3) is 0.200. The van der Waals surface area contributed by atoms with Crippen LogP contribution in [0.5, 0.6) is 0 Å². The van der Waals surface area contributed by atoms with Crippen molar-refractivity contribution < 1.29 is 8.91 Å². The van der Waals surface area contributed by atoms with Gasteiger partial charge >= 0.3 is 0 Å². The minimum atomic E-state index is -0.283. The second-order valence-electron chi connectivity index (χ2n) is 3.18. The second kappa shape index (κ2) is 3.78. The molecule has 2 N–H and O–H groups in total. The largest absolute Gasteiger partial charge is 0.334 e. The Bertz CT molecular complexity index is 481. The number of hydrogen-bond acceptors (Lipinski definition) is 4. The van der Waals surface area contributed by atoms with E-state index in [4.69, 9.17) is 10.3 Å². The first-order valence-corrected chi connectivity index (χ1v) is 4.50. The molecule has 1 heterocycles. The van der Waals surface area contributed by atoms with E-state index in [9.17, 15) is 4.39 Å². The Balaban J connectivity index is 2.44. The highest BCUT2D eigenvalue weighted by Gasteiger charge is 2.10. The first-order chi connectivity index (χ1) is 7.20. The van der Waals surface area contributed by atoms with Crippen LogP contribution < -0.4 is 5.73 Å². The molecule has 15 heavy (non-hydrogen) atoms. The van der Waals surface area contributed by atoms with Crippen LogP contribution in [0.2, 0.25) is 0 Å². The predicted octanol–water partition coefficient (Wildman–Crippen LogP) is 1.64. The molecule has 0 radical (unpaired) electrons. The van der Waals surface area contributed by atoms with E-state index in [-0.39, 0.29) is 12.4 Å². The molecule has 2 rings (SSSR count). The zero-order valence-corrected chi connectivity index (χ0v) is 8.20. The fourth-order valence-electron chi connectivity index (χ4n) is 1.31. The van der Waals surface area contributed by atoms with Gasteiger partial charge in [-0.3, -0.25) is 0 Å². The highest BCUT2D eigenvalue weighted by molar-refractivity contribution is 5.57. The summed E-state index contributed by atoms with van der Waals surface area (Å²) < 4.78 is 17.8. The van der Waals surface area contributed by atoms with E-state index in [1.165, 1.54) is 12.1 Å². The van der Waals surface area contributed by atoms with Gasteiger partial charge < -0.3 is 10.3 Å². The number of hydrogen-bond donors (Lipinski definition) is 1. The van der Waals surface area contributed by atoms with Crippen molar-refractivity contribution in [3.8, 4) is 11.5 Å². The Morgan fingerprint density at radius 1 is 1.47 bits per heavy atom. The molecule has 0 aliphatic rings. The lowest BCUT2D eigenvalue weighted by Crippen LogP contribution is -1.97. The zero-order chi connectivity index (χ0) is 10.8. The van der Waals surface area contributed by atoms with Crippen molar-refractivity contribution >= 4 is 0 Å². The van der Waals surface area contributed by atoms with Gasteiger partial charge in [0.1, 0.15) is 5.82 Å². The average Bonchev–Trinajstić information content (AvgIpc) is 2.66. The molecule has 0 spiro atoms. The number of aryl methyl sites for hydroxylation is 1. The summed E-state index contributed by atoms with van der Waals surface area (Å²) in [4.78, 5) is 4.06. The highest BCUT2D eigenvalue weighted by Crippen LogP contribution is 2.21. The lowest BCUT2D eigenvalue weighted by molar-refractivity contribution is 0.422. The third kappa shape index (κ3) is 1.87. The first kappa shape index (κ1) is 9.79. The first-order valence-electron chi connectivity index (χ1n) is 4.50. The fourth-order valence-corrected chi connectivity index (χ4v) is 1.31. The van der Waals surface area contributed by atoms with Gasteiger partial charge in [-0.15, -0.1) is 0 Å². The maximum Gasteiger partial charge on any atom is 0.258 e. The van der Waals surface area contributed by atoms with Gasteiger partial charge in [0.25, 0.3) is 5.89 Å². The third-order valence-electron chi connectivity index (χ3n) is 2.07. The summed E-state index contributed by atoms with van der Waals surface area (Å²) in [5.41, 5.74) is 6.84. The van der Waals surface area contributed by atoms with Gasteiger partial charge in [0, 0.05) is 5.56 Å².